The predicted octanol–water partition coefficient (Wildman–Crippen LogP) is 2.76. The lowest BCUT2D eigenvalue weighted by Gasteiger charge is -2.16. The highest BCUT2D eigenvalue weighted by atomic mass is 35.5. The number of amides is 1. The Kier molecular flexibility index (Phi) is 7.47. The highest BCUT2D eigenvalue weighted by Crippen LogP contribution is 2.37. The number of aliphatic carboxylic acids is 1. The smallest absolute Gasteiger partial charge is 0.416 e. The molecule has 198 valence electrons. The molecule has 38 heavy (non-hydrogen) atoms. The lowest BCUT2D eigenvalue weighted by Crippen LogP contribution is -2.37. The van der Waals surface area contributed by atoms with Crippen molar-refractivity contribution in [2.24, 2.45) is 0 Å². The van der Waals surface area contributed by atoms with Crippen molar-refractivity contribution in [3.05, 3.63) is 83.7 Å². The minimum Gasteiger partial charge on any atom is -0.481 e. The Morgan fingerprint density at radius 3 is 2.42 bits per heavy atom. The molecule has 0 bridgehead atoms. The molecule has 0 radical (unpaired) electrons. The summed E-state index contributed by atoms with van der Waals surface area (Å²) < 4.78 is 44.8. The van der Waals surface area contributed by atoms with Gasteiger partial charge in [0.05, 0.1) is 27.9 Å². The number of nitrogens with zero attached hydrogens (tertiary/aromatic N) is 2. The third-order valence-electron chi connectivity index (χ3n) is 5.68. The summed E-state index contributed by atoms with van der Waals surface area (Å²) >= 11 is 7.05. The van der Waals surface area contributed by atoms with Crippen LogP contribution in [0.1, 0.15) is 23.1 Å². The number of esters is 1. The molecule has 3 aromatic rings. The van der Waals surface area contributed by atoms with Crippen molar-refractivity contribution in [1.29, 1.82) is 0 Å². The fourth-order valence-electron chi connectivity index (χ4n) is 3.85. The summed E-state index contributed by atoms with van der Waals surface area (Å²) in [5.74, 6) is -2.60. The highest BCUT2D eigenvalue weighted by Gasteiger charge is 2.36. The zero-order valence-corrected chi connectivity index (χ0v) is 21.0. The number of carboxylic acids is 1. The molecule has 0 unspecified atom stereocenters. The molecular weight excluding hydrogens is 549 g/mol. The topological polar surface area (TPSA) is 106 Å². The summed E-state index contributed by atoms with van der Waals surface area (Å²) in [4.78, 5) is 51.1. The number of carbonyl (C=O) groups is 3. The molecule has 1 aliphatic heterocycles. The highest BCUT2D eigenvalue weighted by molar-refractivity contribution is 7.07. The van der Waals surface area contributed by atoms with Crippen LogP contribution in [0.15, 0.2) is 47.3 Å². The number of thiazole rings is 1. The standard InChI is InChI=1S/C25H18ClF3N2O6S/c1-13-30(9-8-19(32)33)24(36)22(38-13)21-17-10-16(26)6-7-18(17)31(23(21)35)11-20(34)37-12-14-2-4-15(5-3-14)25(27,28)29/h2-7,10H,1,8-9,11-12H2,(H,32,33)/b22-21-. The van der Waals surface area contributed by atoms with E-state index in [0.717, 1.165) is 28.4 Å². The summed E-state index contributed by atoms with van der Waals surface area (Å²) in [5, 5.41) is 9.23. The zero-order chi connectivity index (χ0) is 27.8. The molecule has 1 amide bonds. The Balaban J connectivity index is 1.61. The molecule has 4 rings (SSSR count). The van der Waals surface area contributed by atoms with Crippen LogP contribution in [0.4, 0.5) is 18.9 Å². The average Bonchev–Trinajstić information content (AvgIpc) is 3.27. The first kappa shape index (κ1) is 27.1. The van der Waals surface area contributed by atoms with Crippen LogP contribution in [0.5, 0.6) is 0 Å². The molecule has 0 atom stereocenters. The number of hydrogen-bond acceptors (Lipinski definition) is 6. The van der Waals surface area contributed by atoms with Gasteiger partial charge in [-0.2, -0.15) is 13.2 Å². The van der Waals surface area contributed by atoms with Crippen LogP contribution in [0, 0.1) is 0 Å². The van der Waals surface area contributed by atoms with Crippen LogP contribution in [0.25, 0.3) is 12.2 Å². The van der Waals surface area contributed by atoms with Gasteiger partial charge in [-0.1, -0.05) is 30.3 Å². The van der Waals surface area contributed by atoms with Gasteiger partial charge < -0.3 is 9.84 Å². The lowest BCUT2D eigenvalue weighted by molar-refractivity contribution is -0.144. The van der Waals surface area contributed by atoms with E-state index in [0.29, 0.717) is 16.8 Å². The first-order valence-electron chi connectivity index (χ1n) is 10.9. The molecule has 1 aromatic heterocycles. The van der Waals surface area contributed by atoms with Gasteiger partial charge >= 0.3 is 18.1 Å². The van der Waals surface area contributed by atoms with Crippen molar-refractivity contribution >= 4 is 58.6 Å². The first-order chi connectivity index (χ1) is 17.9. The Bertz CT molecular complexity index is 1610. The van der Waals surface area contributed by atoms with E-state index in [1.54, 1.807) is 0 Å². The molecule has 1 aliphatic rings. The fourth-order valence-corrected chi connectivity index (χ4v) is 5.04. The van der Waals surface area contributed by atoms with Crippen LogP contribution >= 0.6 is 22.9 Å². The van der Waals surface area contributed by atoms with Gasteiger partial charge in [-0.15, -0.1) is 11.3 Å². The average molecular weight is 567 g/mol. The maximum absolute atomic E-state index is 13.4. The van der Waals surface area contributed by atoms with Crippen LogP contribution in [0.3, 0.4) is 0 Å². The number of aromatic nitrogens is 1. The molecule has 8 nitrogen and oxygen atoms in total. The molecule has 1 N–H and O–H groups in total. The van der Waals surface area contributed by atoms with Crippen molar-refractivity contribution in [3.8, 4) is 0 Å². The number of halogens is 4. The Morgan fingerprint density at radius 2 is 1.79 bits per heavy atom. The largest absolute Gasteiger partial charge is 0.481 e. The number of benzene rings is 2. The van der Waals surface area contributed by atoms with Gasteiger partial charge in [-0.05, 0) is 35.9 Å². The van der Waals surface area contributed by atoms with E-state index in [2.05, 4.69) is 6.58 Å². The van der Waals surface area contributed by atoms with Gasteiger partial charge in [0, 0.05) is 17.1 Å². The van der Waals surface area contributed by atoms with Gasteiger partial charge in [0.2, 0.25) is 0 Å². The van der Waals surface area contributed by atoms with E-state index in [4.69, 9.17) is 21.4 Å². The molecular formula is C25H18ClF3N2O6S. The van der Waals surface area contributed by atoms with E-state index >= 15 is 0 Å². The molecule has 13 heteroatoms. The van der Waals surface area contributed by atoms with Gasteiger partial charge in [-0.25, -0.2) is 0 Å². The van der Waals surface area contributed by atoms with Crippen molar-refractivity contribution in [2.45, 2.75) is 25.7 Å². The quantitative estimate of drug-likeness (QED) is 0.441. The molecule has 2 aromatic carbocycles. The normalized spacial score (nSPS) is 14.5. The van der Waals surface area contributed by atoms with E-state index in [1.807, 2.05) is 0 Å². The maximum Gasteiger partial charge on any atom is 0.416 e. The summed E-state index contributed by atoms with van der Waals surface area (Å²) in [6.07, 6.45) is -4.81. The van der Waals surface area contributed by atoms with Crippen LogP contribution in [-0.4, -0.2) is 34.1 Å². The maximum atomic E-state index is 13.4. The number of alkyl halides is 3. The summed E-state index contributed by atoms with van der Waals surface area (Å²) in [5.41, 5.74) is -0.510. The van der Waals surface area contributed by atoms with Crippen LogP contribution in [-0.2, 0) is 38.4 Å². The van der Waals surface area contributed by atoms with Crippen molar-refractivity contribution in [3.63, 3.8) is 0 Å². The number of anilines is 1. The van der Waals surface area contributed by atoms with Gasteiger partial charge in [0.25, 0.3) is 11.5 Å². The molecule has 0 spiro atoms. The second-order valence-corrected chi connectivity index (χ2v) is 9.73. The number of carboxylic acid groups (broad SMARTS) is 1. The summed E-state index contributed by atoms with van der Waals surface area (Å²) in [6, 6.07) is 8.59. The van der Waals surface area contributed by atoms with E-state index < -0.39 is 41.7 Å². The fraction of sp³-hybridized carbons (Fsp3) is 0.200. The summed E-state index contributed by atoms with van der Waals surface area (Å²) in [6.45, 7) is 2.80. The monoisotopic (exact) mass is 566 g/mol. The number of rotatable bonds is 7. The van der Waals surface area contributed by atoms with Gasteiger partial charge in [-0.3, -0.25) is 28.6 Å². The minimum atomic E-state index is -4.49. The minimum absolute atomic E-state index is 0.00739. The third-order valence-corrected chi connectivity index (χ3v) is 6.96. The third kappa shape index (κ3) is 5.50. The van der Waals surface area contributed by atoms with Gasteiger partial charge in [0.1, 0.15) is 17.7 Å². The Labute approximate surface area is 221 Å². The number of carbonyl (C=O) groups excluding carboxylic acids is 2. The predicted molar refractivity (Wildman–Crippen MR) is 133 cm³/mol. The van der Waals surface area contributed by atoms with Crippen molar-refractivity contribution in [2.75, 3.05) is 11.4 Å². The molecule has 0 aliphatic carbocycles. The van der Waals surface area contributed by atoms with E-state index in [-0.39, 0.29) is 39.4 Å². The first-order valence-corrected chi connectivity index (χ1v) is 12.1. The van der Waals surface area contributed by atoms with Crippen molar-refractivity contribution < 1.29 is 37.4 Å². The Morgan fingerprint density at radius 1 is 1.11 bits per heavy atom. The van der Waals surface area contributed by atoms with E-state index in [9.17, 15) is 32.3 Å². The van der Waals surface area contributed by atoms with Crippen molar-refractivity contribution in [1.82, 2.24) is 4.57 Å². The second kappa shape index (κ2) is 10.5. The number of hydrogen-bond donors (Lipinski definition) is 1. The van der Waals surface area contributed by atoms with Crippen LogP contribution in [0.2, 0.25) is 5.02 Å². The lowest BCUT2D eigenvalue weighted by atomic mass is 10.1. The molecule has 2 heterocycles. The number of ether oxygens (including phenoxy) is 1. The zero-order valence-electron chi connectivity index (χ0n) is 19.4. The van der Waals surface area contributed by atoms with Crippen LogP contribution < -0.4 is 19.7 Å². The second-order valence-electron chi connectivity index (χ2n) is 8.21. The van der Waals surface area contributed by atoms with Gasteiger partial charge in [0.15, 0.2) is 0 Å². The van der Waals surface area contributed by atoms with E-state index in [1.165, 1.54) is 34.9 Å². The SMILES string of the molecule is C=c1s/c(=C2\C(=O)N(CC(=O)OCc3ccc(C(F)(F)F)cc3)c3ccc(Cl)cc32)c(=O)n1CCC(=O)O. The number of fused-ring (bicyclic) bond motifs is 1. The Hall–Kier alpha value is -3.90. The summed E-state index contributed by atoms with van der Waals surface area (Å²) in [7, 11) is 0. The molecule has 0 saturated carbocycles. The molecule has 0 fully saturated rings. The molecule has 0 saturated heterocycles.